The van der Waals surface area contributed by atoms with Gasteiger partial charge in [-0.2, -0.15) is 5.10 Å². The molecule has 1 heterocycles. The van der Waals surface area contributed by atoms with Crippen molar-refractivity contribution >= 4 is 23.6 Å². The van der Waals surface area contributed by atoms with Crippen molar-refractivity contribution in [3.05, 3.63) is 29.5 Å². The first-order valence-corrected chi connectivity index (χ1v) is 7.09. The maximum absolute atomic E-state index is 10.1. The van der Waals surface area contributed by atoms with Gasteiger partial charge < -0.3 is 21.5 Å². The molecular formula is C14H19N7O2. The van der Waals surface area contributed by atoms with Gasteiger partial charge in [0.1, 0.15) is 5.75 Å². The molecule has 9 heteroatoms. The summed E-state index contributed by atoms with van der Waals surface area (Å²) < 4.78 is 4.42. The molecule has 0 spiro atoms. The molecule has 1 aromatic carbocycles. The van der Waals surface area contributed by atoms with Gasteiger partial charge >= 0.3 is 0 Å². The van der Waals surface area contributed by atoms with E-state index in [9.17, 15) is 5.11 Å². The van der Waals surface area contributed by atoms with Crippen molar-refractivity contribution in [3.63, 3.8) is 0 Å². The van der Waals surface area contributed by atoms with Gasteiger partial charge in [0.25, 0.3) is 0 Å². The van der Waals surface area contributed by atoms with Gasteiger partial charge in [0.2, 0.25) is 0 Å². The maximum atomic E-state index is 10.1. The van der Waals surface area contributed by atoms with E-state index in [4.69, 9.17) is 11.5 Å². The van der Waals surface area contributed by atoms with Crippen LogP contribution in [-0.4, -0.2) is 40.6 Å². The average molecular weight is 317 g/mol. The Balaban J connectivity index is 2.15. The second-order valence-electron chi connectivity index (χ2n) is 4.64. The van der Waals surface area contributed by atoms with Crippen LogP contribution in [0.1, 0.15) is 25.1 Å². The monoisotopic (exact) mass is 317 g/mol. The van der Waals surface area contributed by atoms with Crippen LogP contribution in [0.25, 0.3) is 0 Å². The highest BCUT2D eigenvalue weighted by molar-refractivity contribution is 5.99. The Bertz CT molecular complexity index is 720. The number of benzene rings is 1. The van der Waals surface area contributed by atoms with Crippen LogP contribution in [0.15, 0.2) is 33.0 Å². The highest BCUT2D eigenvalue weighted by Crippen LogP contribution is 2.23. The van der Waals surface area contributed by atoms with Crippen molar-refractivity contribution in [3.8, 4) is 5.75 Å². The molecule has 2 rings (SSSR count). The van der Waals surface area contributed by atoms with Crippen LogP contribution in [0.5, 0.6) is 5.75 Å². The van der Waals surface area contributed by atoms with Gasteiger partial charge in [0.15, 0.2) is 17.3 Å². The van der Waals surface area contributed by atoms with Crippen LogP contribution >= 0.6 is 0 Å². The average Bonchev–Trinajstić information content (AvgIpc) is 2.96. The fraction of sp³-hybridized carbons (Fsp3) is 0.286. The Kier molecular flexibility index (Phi) is 5.13. The summed E-state index contributed by atoms with van der Waals surface area (Å²) in [4.78, 5) is 2.12. The van der Waals surface area contributed by atoms with Gasteiger partial charge in [0.05, 0.1) is 6.21 Å². The van der Waals surface area contributed by atoms with Crippen molar-refractivity contribution in [1.82, 2.24) is 10.3 Å². The third-order valence-corrected chi connectivity index (χ3v) is 3.26. The SMILES string of the molecule is CCN(CC)c1ccc(/C=N\N=C(N)c2nonc2N)c(O)c1. The molecule has 2 aromatic rings. The first-order chi connectivity index (χ1) is 11.1. The molecule has 0 aliphatic carbocycles. The van der Waals surface area contributed by atoms with Gasteiger partial charge in [-0.05, 0) is 36.3 Å². The molecule has 5 N–H and O–H groups in total. The maximum Gasteiger partial charge on any atom is 0.199 e. The molecule has 0 saturated carbocycles. The predicted octanol–water partition coefficient (Wildman–Crippen LogP) is 0.943. The third kappa shape index (κ3) is 3.76. The lowest BCUT2D eigenvalue weighted by Gasteiger charge is -2.21. The van der Waals surface area contributed by atoms with Crippen LogP contribution in [0.2, 0.25) is 0 Å². The minimum atomic E-state index is -0.0285. The summed E-state index contributed by atoms with van der Waals surface area (Å²) >= 11 is 0. The highest BCUT2D eigenvalue weighted by Gasteiger charge is 2.10. The number of rotatable bonds is 6. The van der Waals surface area contributed by atoms with E-state index in [1.807, 2.05) is 6.07 Å². The molecule has 0 fully saturated rings. The van der Waals surface area contributed by atoms with Crippen LogP contribution in [0.4, 0.5) is 11.5 Å². The molecule has 0 aliphatic rings. The number of anilines is 2. The predicted molar refractivity (Wildman–Crippen MR) is 88.7 cm³/mol. The summed E-state index contributed by atoms with van der Waals surface area (Å²) in [5.74, 6) is 0.113. The summed E-state index contributed by atoms with van der Waals surface area (Å²) in [6, 6.07) is 5.34. The summed E-state index contributed by atoms with van der Waals surface area (Å²) in [5, 5.41) is 24.5. The van der Waals surface area contributed by atoms with E-state index in [1.54, 1.807) is 12.1 Å². The third-order valence-electron chi connectivity index (χ3n) is 3.26. The fourth-order valence-electron chi connectivity index (χ4n) is 2.00. The van der Waals surface area contributed by atoms with Gasteiger partial charge in [-0.25, -0.2) is 4.63 Å². The number of nitrogen functional groups attached to an aromatic ring is 1. The largest absolute Gasteiger partial charge is 0.507 e. The Morgan fingerprint density at radius 3 is 2.65 bits per heavy atom. The number of hydrogen-bond acceptors (Lipinski definition) is 8. The molecule has 0 saturated heterocycles. The molecule has 0 radical (unpaired) electrons. The highest BCUT2D eigenvalue weighted by atomic mass is 16.6. The van der Waals surface area contributed by atoms with E-state index in [1.165, 1.54) is 6.21 Å². The van der Waals surface area contributed by atoms with E-state index in [0.29, 0.717) is 5.56 Å². The smallest absolute Gasteiger partial charge is 0.199 e. The number of aromatic nitrogens is 2. The van der Waals surface area contributed by atoms with Crippen molar-refractivity contribution in [2.24, 2.45) is 15.9 Å². The van der Waals surface area contributed by atoms with Crippen molar-refractivity contribution in [2.75, 3.05) is 23.7 Å². The number of phenolic OH excluding ortho intramolecular Hbond substituents is 1. The zero-order valence-electron chi connectivity index (χ0n) is 13.0. The van der Waals surface area contributed by atoms with Crippen molar-refractivity contribution in [1.29, 1.82) is 0 Å². The Labute approximate surface area is 133 Å². The first kappa shape index (κ1) is 16.3. The fourth-order valence-corrected chi connectivity index (χ4v) is 2.00. The molecular weight excluding hydrogens is 298 g/mol. The standard InChI is InChI=1S/C14H19N7O2/c1-3-21(4-2)10-6-5-9(11(22)7-10)8-17-18-13(15)12-14(16)20-23-19-12/h5-8,22H,3-4H2,1-2H3,(H2,15,18)(H2,16,20)/b17-8-. The minimum absolute atomic E-state index is 0.0285. The summed E-state index contributed by atoms with van der Waals surface area (Å²) in [7, 11) is 0. The quantitative estimate of drug-likeness (QED) is 0.409. The topological polar surface area (TPSA) is 139 Å². The lowest BCUT2D eigenvalue weighted by atomic mass is 10.2. The Morgan fingerprint density at radius 2 is 2.09 bits per heavy atom. The molecule has 0 atom stereocenters. The second-order valence-corrected chi connectivity index (χ2v) is 4.64. The van der Waals surface area contributed by atoms with Gasteiger partial charge in [-0.1, -0.05) is 0 Å². The van der Waals surface area contributed by atoms with Gasteiger partial charge in [0, 0.05) is 30.4 Å². The normalized spacial score (nSPS) is 12.0. The van der Waals surface area contributed by atoms with Gasteiger partial charge in [-0.3, -0.25) is 0 Å². The summed E-state index contributed by atoms with van der Waals surface area (Å²) in [6.45, 7) is 5.82. The number of hydrogen-bond donors (Lipinski definition) is 3. The molecule has 0 bridgehead atoms. The molecule has 0 amide bonds. The van der Waals surface area contributed by atoms with E-state index < -0.39 is 0 Å². The summed E-state index contributed by atoms with van der Waals surface area (Å²) in [6.07, 6.45) is 1.39. The van der Waals surface area contributed by atoms with E-state index in [-0.39, 0.29) is 23.1 Å². The number of nitrogens with zero attached hydrogens (tertiary/aromatic N) is 5. The van der Waals surface area contributed by atoms with Crippen LogP contribution in [0.3, 0.4) is 0 Å². The first-order valence-electron chi connectivity index (χ1n) is 7.09. The molecule has 122 valence electrons. The number of amidine groups is 1. The lowest BCUT2D eigenvalue weighted by Crippen LogP contribution is -2.21. The van der Waals surface area contributed by atoms with E-state index in [0.717, 1.165) is 18.8 Å². The van der Waals surface area contributed by atoms with Crippen molar-refractivity contribution < 1.29 is 9.74 Å². The van der Waals surface area contributed by atoms with Crippen LogP contribution < -0.4 is 16.4 Å². The Morgan fingerprint density at radius 1 is 1.35 bits per heavy atom. The number of aromatic hydroxyl groups is 1. The lowest BCUT2D eigenvalue weighted by molar-refractivity contribution is 0.308. The van der Waals surface area contributed by atoms with Crippen LogP contribution in [-0.2, 0) is 0 Å². The van der Waals surface area contributed by atoms with E-state index >= 15 is 0 Å². The molecule has 9 nitrogen and oxygen atoms in total. The number of nitrogens with two attached hydrogens (primary N) is 2. The van der Waals surface area contributed by atoms with E-state index in [2.05, 4.69) is 43.9 Å². The zero-order chi connectivity index (χ0) is 16.8. The Hall–Kier alpha value is -3.10. The zero-order valence-corrected chi connectivity index (χ0v) is 13.0. The van der Waals surface area contributed by atoms with Crippen molar-refractivity contribution in [2.45, 2.75) is 13.8 Å². The second kappa shape index (κ2) is 7.25. The number of phenols is 1. The molecule has 23 heavy (non-hydrogen) atoms. The molecule has 0 unspecified atom stereocenters. The van der Waals surface area contributed by atoms with Gasteiger partial charge in [-0.15, -0.1) is 5.10 Å². The molecule has 0 aliphatic heterocycles. The van der Waals surface area contributed by atoms with Crippen LogP contribution in [0, 0.1) is 0 Å². The summed E-state index contributed by atoms with van der Waals surface area (Å²) in [5.41, 5.74) is 12.7. The molecule has 1 aromatic heterocycles. The minimum Gasteiger partial charge on any atom is -0.507 e.